The number of benzene rings is 3. The number of thiocarbonyl (C=S) groups is 1. The molecule has 0 atom stereocenters. The number of thioether (sulfide) groups is 1. The van der Waals surface area contributed by atoms with Crippen molar-refractivity contribution < 1.29 is 19.4 Å². The van der Waals surface area contributed by atoms with Gasteiger partial charge in [-0.15, -0.1) is 0 Å². The fraction of sp³-hybridized carbons (Fsp3) is 0.0417. The molecule has 1 N–H and O–H groups in total. The highest BCUT2D eigenvalue weighted by Crippen LogP contribution is 2.39. The summed E-state index contributed by atoms with van der Waals surface area (Å²) in [6.07, 6.45) is 1.80. The maximum absolute atomic E-state index is 12.9. The lowest BCUT2D eigenvalue weighted by atomic mass is 10.1. The first-order valence-electron chi connectivity index (χ1n) is 9.60. The Morgan fingerprint density at radius 1 is 1.06 bits per heavy atom. The predicted molar refractivity (Wildman–Crippen MR) is 142 cm³/mol. The van der Waals surface area contributed by atoms with Gasteiger partial charge in [-0.2, -0.15) is 0 Å². The molecule has 3 aromatic carbocycles. The van der Waals surface area contributed by atoms with Crippen LogP contribution in [0.1, 0.15) is 21.5 Å². The van der Waals surface area contributed by atoms with E-state index in [0.29, 0.717) is 23.9 Å². The van der Waals surface area contributed by atoms with Gasteiger partial charge in [0, 0.05) is 0 Å². The standard InChI is InChI=1S/C24H15Br2NO4S2/c25-18-10-15(12-20-22(28)27(24(32)33-20)17-4-2-1-3-5-17)11-19(26)21(18)31-13-14-6-8-16(9-7-14)23(29)30/h1-12H,13H2,(H,29,30)/b20-12+. The van der Waals surface area contributed by atoms with Crippen molar-refractivity contribution in [2.24, 2.45) is 0 Å². The molecule has 1 aliphatic heterocycles. The van der Waals surface area contributed by atoms with E-state index in [-0.39, 0.29) is 18.1 Å². The van der Waals surface area contributed by atoms with Crippen molar-refractivity contribution >= 4 is 83.8 Å². The van der Waals surface area contributed by atoms with Gasteiger partial charge in [-0.3, -0.25) is 9.69 Å². The van der Waals surface area contributed by atoms with E-state index in [9.17, 15) is 9.59 Å². The first-order valence-corrected chi connectivity index (χ1v) is 12.4. The van der Waals surface area contributed by atoms with Gasteiger partial charge >= 0.3 is 5.97 Å². The first kappa shape index (κ1) is 23.7. The summed E-state index contributed by atoms with van der Waals surface area (Å²) in [4.78, 5) is 26.0. The molecule has 1 saturated heterocycles. The minimum atomic E-state index is -0.968. The van der Waals surface area contributed by atoms with Gasteiger partial charge in [-0.25, -0.2) is 4.79 Å². The molecule has 166 valence electrons. The highest BCUT2D eigenvalue weighted by molar-refractivity contribution is 9.11. The van der Waals surface area contributed by atoms with Gasteiger partial charge in [-0.05, 0) is 85.5 Å². The molecule has 5 nitrogen and oxygen atoms in total. The van der Waals surface area contributed by atoms with E-state index < -0.39 is 5.97 Å². The van der Waals surface area contributed by atoms with Crippen molar-refractivity contribution in [2.75, 3.05) is 4.90 Å². The van der Waals surface area contributed by atoms with E-state index in [1.807, 2.05) is 42.5 Å². The second-order valence-corrected chi connectivity index (χ2v) is 10.3. The van der Waals surface area contributed by atoms with Crippen molar-refractivity contribution in [2.45, 2.75) is 6.61 Å². The summed E-state index contributed by atoms with van der Waals surface area (Å²) in [5.74, 6) is -0.524. The second-order valence-electron chi connectivity index (χ2n) is 6.96. The molecule has 4 rings (SSSR count). The molecule has 0 aliphatic carbocycles. The van der Waals surface area contributed by atoms with Crippen molar-refractivity contribution in [3.8, 4) is 5.75 Å². The largest absolute Gasteiger partial charge is 0.487 e. The van der Waals surface area contributed by atoms with Gasteiger partial charge in [0.15, 0.2) is 4.32 Å². The number of carbonyl (C=O) groups excluding carboxylic acids is 1. The number of anilines is 1. The Balaban J connectivity index is 1.51. The number of halogens is 2. The lowest BCUT2D eigenvalue weighted by Crippen LogP contribution is -2.27. The molecule has 0 bridgehead atoms. The molecular weight excluding hydrogens is 590 g/mol. The Bertz CT molecular complexity index is 1250. The lowest BCUT2D eigenvalue weighted by Gasteiger charge is -2.14. The van der Waals surface area contributed by atoms with E-state index in [2.05, 4.69) is 31.9 Å². The molecule has 0 aromatic heterocycles. The van der Waals surface area contributed by atoms with E-state index in [4.69, 9.17) is 22.1 Å². The number of carbonyl (C=O) groups is 2. The van der Waals surface area contributed by atoms with E-state index in [1.54, 1.807) is 30.3 Å². The van der Waals surface area contributed by atoms with Crippen LogP contribution in [-0.2, 0) is 11.4 Å². The zero-order chi connectivity index (χ0) is 23.5. The third-order valence-corrected chi connectivity index (χ3v) is 7.19. The predicted octanol–water partition coefficient (Wildman–Crippen LogP) is 6.89. The average Bonchev–Trinajstić information content (AvgIpc) is 3.06. The first-order chi connectivity index (χ1) is 15.8. The molecule has 33 heavy (non-hydrogen) atoms. The smallest absolute Gasteiger partial charge is 0.335 e. The maximum Gasteiger partial charge on any atom is 0.335 e. The molecular formula is C24H15Br2NO4S2. The van der Waals surface area contributed by atoms with Crippen molar-refractivity contribution in [3.63, 3.8) is 0 Å². The summed E-state index contributed by atoms with van der Waals surface area (Å²) in [6, 6.07) is 19.6. The lowest BCUT2D eigenvalue weighted by molar-refractivity contribution is -0.113. The summed E-state index contributed by atoms with van der Waals surface area (Å²) in [7, 11) is 0. The summed E-state index contributed by atoms with van der Waals surface area (Å²) >= 11 is 13.8. The molecule has 1 fully saturated rings. The number of para-hydroxylation sites is 1. The third-order valence-electron chi connectivity index (χ3n) is 4.71. The summed E-state index contributed by atoms with van der Waals surface area (Å²) in [6.45, 7) is 0.270. The number of hydrogen-bond acceptors (Lipinski definition) is 5. The molecule has 1 aliphatic rings. The number of rotatable bonds is 6. The van der Waals surface area contributed by atoms with Crippen LogP contribution in [0, 0.1) is 0 Å². The van der Waals surface area contributed by atoms with Crippen LogP contribution in [0.3, 0.4) is 0 Å². The Kier molecular flexibility index (Phi) is 7.33. The molecule has 9 heteroatoms. The molecule has 1 heterocycles. The number of amides is 1. The van der Waals surface area contributed by atoms with Crippen molar-refractivity contribution in [3.05, 3.63) is 97.3 Å². The zero-order valence-corrected chi connectivity index (χ0v) is 21.6. The Labute approximate surface area is 216 Å². The number of carboxylic acids is 1. The third kappa shape index (κ3) is 5.38. The van der Waals surface area contributed by atoms with Crippen molar-refractivity contribution in [1.82, 2.24) is 0 Å². The second kappa shape index (κ2) is 10.2. The van der Waals surface area contributed by atoms with Crippen LogP contribution in [0.2, 0.25) is 0 Å². The maximum atomic E-state index is 12.9. The van der Waals surface area contributed by atoms with Gasteiger partial charge in [0.25, 0.3) is 5.91 Å². The topological polar surface area (TPSA) is 66.8 Å². The molecule has 0 unspecified atom stereocenters. The Hall–Kier alpha value is -2.46. The van der Waals surface area contributed by atoms with Gasteiger partial charge in [-0.1, -0.05) is 54.3 Å². The van der Waals surface area contributed by atoms with Crippen LogP contribution in [0.5, 0.6) is 5.75 Å². The van der Waals surface area contributed by atoms with Gasteiger partial charge in [0.1, 0.15) is 12.4 Å². The summed E-state index contributed by atoms with van der Waals surface area (Å²) < 4.78 is 7.84. The van der Waals surface area contributed by atoms with Crippen LogP contribution in [0.15, 0.2) is 80.6 Å². The van der Waals surface area contributed by atoms with Crippen LogP contribution >= 0.6 is 55.8 Å². The van der Waals surface area contributed by atoms with Crippen LogP contribution in [-0.4, -0.2) is 21.3 Å². The Morgan fingerprint density at radius 3 is 2.30 bits per heavy atom. The number of nitrogens with zero attached hydrogens (tertiary/aromatic N) is 1. The summed E-state index contributed by atoms with van der Waals surface area (Å²) in [5, 5.41) is 9.01. The van der Waals surface area contributed by atoms with Crippen molar-refractivity contribution in [1.29, 1.82) is 0 Å². The fourth-order valence-electron chi connectivity index (χ4n) is 3.12. The minimum Gasteiger partial charge on any atom is -0.487 e. The molecule has 0 radical (unpaired) electrons. The molecule has 3 aromatic rings. The van der Waals surface area contributed by atoms with E-state index >= 15 is 0 Å². The van der Waals surface area contributed by atoms with E-state index in [1.165, 1.54) is 16.7 Å². The van der Waals surface area contributed by atoms with Gasteiger partial charge in [0.2, 0.25) is 0 Å². The van der Waals surface area contributed by atoms with Crippen LogP contribution in [0.25, 0.3) is 6.08 Å². The fourth-order valence-corrected chi connectivity index (χ4v) is 5.87. The molecule has 1 amide bonds. The van der Waals surface area contributed by atoms with Gasteiger partial charge < -0.3 is 9.84 Å². The summed E-state index contributed by atoms with van der Waals surface area (Å²) in [5.41, 5.74) is 2.61. The molecule has 0 spiro atoms. The highest BCUT2D eigenvalue weighted by atomic mass is 79.9. The normalized spacial score (nSPS) is 14.7. The zero-order valence-electron chi connectivity index (χ0n) is 16.8. The SMILES string of the molecule is O=C(O)c1ccc(COc2c(Br)cc(/C=C3/SC(=S)N(c4ccccc4)C3=O)cc2Br)cc1. The number of hydrogen-bond donors (Lipinski definition) is 1. The number of carboxylic acid groups (broad SMARTS) is 1. The van der Waals surface area contributed by atoms with Gasteiger partial charge in [0.05, 0.1) is 25.1 Å². The Morgan fingerprint density at radius 2 is 1.70 bits per heavy atom. The quantitative estimate of drug-likeness (QED) is 0.244. The van der Waals surface area contributed by atoms with E-state index in [0.717, 1.165) is 16.8 Å². The monoisotopic (exact) mass is 603 g/mol. The minimum absolute atomic E-state index is 0.159. The number of aromatic carboxylic acids is 1. The highest BCUT2D eigenvalue weighted by Gasteiger charge is 2.33. The van der Waals surface area contributed by atoms with Crippen LogP contribution in [0.4, 0.5) is 5.69 Å². The van der Waals surface area contributed by atoms with Crippen LogP contribution < -0.4 is 9.64 Å². The average molecular weight is 605 g/mol. The number of ether oxygens (including phenoxy) is 1. The molecule has 0 saturated carbocycles.